The molecule has 0 aliphatic carbocycles. The maximum Gasteiger partial charge on any atom is 0.341 e. The first-order valence-corrected chi connectivity index (χ1v) is 11.7. The van der Waals surface area contributed by atoms with Crippen LogP contribution in [-0.4, -0.2) is 63.7 Å². The van der Waals surface area contributed by atoms with Crippen LogP contribution in [0.1, 0.15) is 35.2 Å². The molecule has 5 rings (SSSR count). The van der Waals surface area contributed by atoms with E-state index in [0.717, 1.165) is 31.6 Å². The molecule has 2 fully saturated rings. The van der Waals surface area contributed by atoms with Gasteiger partial charge in [0.05, 0.1) is 30.3 Å². The zero-order chi connectivity index (χ0) is 23.8. The normalized spacial score (nSPS) is 18.1. The number of carboxylic acid groups (broad SMARTS) is 1. The van der Waals surface area contributed by atoms with Gasteiger partial charge in [0, 0.05) is 29.9 Å². The maximum absolute atomic E-state index is 15.3. The van der Waals surface area contributed by atoms with E-state index in [9.17, 15) is 14.7 Å². The Kier molecular flexibility index (Phi) is 6.00. The van der Waals surface area contributed by atoms with Crippen molar-refractivity contribution in [1.82, 2.24) is 14.5 Å². The third-order valence-electron chi connectivity index (χ3n) is 5.92. The number of carbonyl (C=O) groups is 1. The Morgan fingerprint density at radius 2 is 2.24 bits per heavy atom. The second-order valence-corrected chi connectivity index (χ2v) is 9.11. The van der Waals surface area contributed by atoms with Gasteiger partial charge in [-0.25, -0.2) is 19.2 Å². The number of aryl methyl sites for hydroxylation is 1. The molecule has 0 saturated carbocycles. The molecule has 178 valence electrons. The highest BCUT2D eigenvalue weighted by atomic mass is 32.1. The molecule has 0 bridgehead atoms. The third kappa shape index (κ3) is 4.03. The number of nitrogens with zero attached hydrogens (tertiary/aromatic N) is 5. The summed E-state index contributed by atoms with van der Waals surface area (Å²) in [6.45, 7) is 3.23. The lowest BCUT2D eigenvalue weighted by Crippen LogP contribution is -2.48. The number of pyridine rings is 2. The van der Waals surface area contributed by atoms with Crippen LogP contribution in [0.4, 0.5) is 10.2 Å². The van der Waals surface area contributed by atoms with Crippen LogP contribution in [0.5, 0.6) is 0 Å². The van der Waals surface area contributed by atoms with Crippen molar-refractivity contribution in [1.29, 1.82) is 0 Å². The number of hydrogen-bond acceptors (Lipinski definition) is 9. The zero-order valence-electron chi connectivity index (χ0n) is 18.4. The fourth-order valence-electron chi connectivity index (χ4n) is 4.08. The number of rotatable bonds is 6. The van der Waals surface area contributed by atoms with Gasteiger partial charge in [-0.2, -0.15) is 0 Å². The minimum atomic E-state index is -1.40. The number of aromatic nitrogens is 3. The second-order valence-electron chi connectivity index (χ2n) is 8.23. The summed E-state index contributed by atoms with van der Waals surface area (Å²) in [6, 6.07) is 0. The van der Waals surface area contributed by atoms with Crippen molar-refractivity contribution in [2.45, 2.75) is 32.3 Å². The largest absolute Gasteiger partial charge is 0.477 e. The second kappa shape index (κ2) is 9.11. The number of ether oxygens (including phenoxy) is 1. The van der Waals surface area contributed by atoms with Gasteiger partial charge in [0.2, 0.25) is 5.43 Å². The molecule has 0 spiro atoms. The first kappa shape index (κ1) is 22.4. The fraction of sp³-hybridized carbons (Fsp3) is 0.409. The SMILES string of the molecule is Cc1c(F)c(N2CC(=NOCC3CCCCO3)C2)nc2c1c(=O)c(C(=O)O)cn2-c1nccs1. The average molecular weight is 488 g/mol. The summed E-state index contributed by atoms with van der Waals surface area (Å²) in [4.78, 5) is 40.2. The lowest BCUT2D eigenvalue weighted by molar-refractivity contribution is -0.0398. The Bertz CT molecular complexity index is 1330. The predicted molar refractivity (Wildman–Crippen MR) is 124 cm³/mol. The van der Waals surface area contributed by atoms with E-state index >= 15 is 4.39 Å². The Hall–Kier alpha value is -3.38. The van der Waals surface area contributed by atoms with Crippen LogP contribution in [0.25, 0.3) is 16.2 Å². The molecule has 10 nitrogen and oxygen atoms in total. The maximum atomic E-state index is 15.3. The monoisotopic (exact) mass is 487 g/mol. The van der Waals surface area contributed by atoms with Gasteiger partial charge in [-0.05, 0) is 26.2 Å². The van der Waals surface area contributed by atoms with Gasteiger partial charge in [0.25, 0.3) is 0 Å². The molecular formula is C22H22FN5O5S. The molecule has 34 heavy (non-hydrogen) atoms. The van der Waals surface area contributed by atoms with Gasteiger partial charge < -0.3 is 19.6 Å². The summed E-state index contributed by atoms with van der Waals surface area (Å²) in [7, 11) is 0. The highest BCUT2D eigenvalue weighted by molar-refractivity contribution is 7.12. The van der Waals surface area contributed by atoms with Gasteiger partial charge >= 0.3 is 5.97 Å². The van der Waals surface area contributed by atoms with Crippen LogP contribution in [0, 0.1) is 12.7 Å². The molecular weight excluding hydrogens is 465 g/mol. The lowest BCUT2D eigenvalue weighted by atomic mass is 10.1. The number of fused-ring (bicyclic) bond motifs is 1. The molecule has 0 radical (unpaired) electrons. The molecule has 1 unspecified atom stereocenters. The highest BCUT2D eigenvalue weighted by Gasteiger charge is 2.30. The number of hydrogen-bond donors (Lipinski definition) is 1. The number of thiazole rings is 1. The number of oxime groups is 1. The van der Waals surface area contributed by atoms with Gasteiger partial charge in [-0.1, -0.05) is 5.16 Å². The third-order valence-corrected chi connectivity index (χ3v) is 6.69. The minimum Gasteiger partial charge on any atom is -0.477 e. The molecule has 0 amide bonds. The van der Waals surface area contributed by atoms with Crippen LogP contribution in [0.15, 0.2) is 27.7 Å². The lowest BCUT2D eigenvalue weighted by Gasteiger charge is -2.34. The first-order chi connectivity index (χ1) is 16.4. The summed E-state index contributed by atoms with van der Waals surface area (Å²) in [5, 5.41) is 15.7. The van der Waals surface area contributed by atoms with E-state index in [-0.39, 0.29) is 28.5 Å². The molecule has 1 atom stereocenters. The molecule has 0 aromatic carbocycles. The van der Waals surface area contributed by atoms with Gasteiger partial charge in [0.15, 0.2) is 22.4 Å². The van der Waals surface area contributed by atoms with Crippen LogP contribution in [-0.2, 0) is 9.57 Å². The van der Waals surface area contributed by atoms with Gasteiger partial charge in [-0.3, -0.25) is 9.36 Å². The first-order valence-electron chi connectivity index (χ1n) is 10.9. The van der Waals surface area contributed by atoms with E-state index in [0.29, 0.717) is 24.8 Å². The van der Waals surface area contributed by atoms with Crippen molar-refractivity contribution in [3.05, 3.63) is 44.9 Å². The van der Waals surface area contributed by atoms with E-state index in [1.807, 2.05) is 0 Å². The van der Waals surface area contributed by atoms with Crippen molar-refractivity contribution in [3.8, 4) is 5.13 Å². The summed E-state index contributed by atoms with van der Waals surface area (Å²) < 4.78 is 22.3. The summed E-state index contributed by atoms with van der Waals surface area (Å²) in [5.74, 6) is -2.01. The topological polar surface area (TPSA) is 119 Å². The Balaban J connectivity index is 1.45. The summed E-state index contributed by atoms with van der Waals surface area (Å²) in [5.41, 5.74) is -0.329. The zero-order valence-corrected chi connectivity index (χ0v) is 19.2. The summed E-state index contributed by atoms with van der Waals surface area (Å²) in [6.07, 6.45) is 5.92. The molecule has 2 saturated heterocycles. The molecule has 3 aromatic rings. The molecule has 12 heteroatoms. The van der Waals surface area contributed by atoms with Crippen molar-refractivity contribution >= 4 is 39.9 Å². The minimum absolute atomic E-state index is 0.0366. The highest BCUT2D eigenvalue weighted by Crippen LogP contribution is 2.29. The van der Waals surface area contributed by atoms with Crippen LogP contribution in [0.2, 0.25) is 0 Å². The molecule has 2 aliphatic rings. The molecule has 5 heterocycles. The van der Waals surface area contributed by atoms with Crippen LogP contribution in [0.3, 0.4) is 0 Å². The van der Waals surface area contributed by atoms with Crippen molar-refractivity contribution in [2.24, 2.45) is 5.16 Å². The molecule has 2 aliphatic heterocycles. The number of halogens is 1. The van der Waals surface area contributed by atoms with Gasteiger partial charge in [-0.15, -0.1) is 11.3 Å². The van der Waals surface area contributed by atoms with Crippen molar-refractivity contribution < 1.29 is 23.9 Å². The molecule has 1 N–H and O–H groups in total. The van der Waals surface area contributed by atoms with Gasteiger partial charge in [0.1, 0.15) is 12.2 Å². The van der Waals surface area contributed by atoms with E-state index in [1.165, 1.54) is 29.0 Å². The number of carboxylic acids is 1. The van der Waals surface area contributed by atoms with E-state index in [2.05, 4.69) is 15.1 Å². The standard InChI is InChI=1S/C22H22FN5O5S/c1-12-16-18(29)15(21(30)31)10-28(22-24-5-7-34-22)19(16)25-20(17(12)23)27-8-13(9-27)26-33-11-14-4-2-3-6-32-14/h5,7,10,14H,2-4,6,8-9,11H2,1H3,(H,30,31). The van der Waals surface area contributed by atoms with Crippen LogP contribution >= 0.6 is 11.3 Å². The quantitative estimate of drug-likeness (QED) is 0.527. The van der Waals surface area contributed by atoms with Crippen molar-refractivity contribution in [2.75, 3.05) is 31.2 Å². The van der Waals surface area contributed by atoms with Crippen molar-refractivity contribution in [3.63, 3.8) is 0 Å². The number of aromatic carboxylic acids is 1. The average Bonchev–Trinajstić information content (AvgIpc) is 3.33. The fourth-order valence-corrected chi connectivity index (χ4v) is 4.69. The van der Waals surface area contributed by atoms with E-state index in [4.69, 9.17) is 9.57 Å². The Labute approximate surface area is 197 Å². The predicted octanol–water partition coefficient (Wildman–Crippen LogP) is 2.75. The Morgan fingerprint density at radius 3 is 2.91 bits per heavy atom. The Morgan fingerprint density at radius 1 is 1.41 bits per heavy atom. The molecule has 3 aromatic heterocycles. The van der Waals surface area contributed by atoms with Crippen LogP contribution < -0.4 is 10.3 Å². The van der Waals surface area contributed by atoms with E-state index < -0.39 is 22.8 Å². The smallest absolute Gasteiger partial charge is 0.341 e. The summed E-state index contributed by atoms with van der Waals surface area (Å²) >= 11 is 1.25. The number of anilines is 1. The van der Waals surface area contributed by atoms with E-state index in [1.54, 1.807) is 16.5 Å².